The number of carbonyl (C=O) groups is 1. The molecule has 0 bridgehead atoms. The second-order valence-electron chi connectivity index (χ2n) is 5.61. The molecule has 3 aromatic rings. The van der Waals surface area contributed by atoms with Gasteiger partial charge in [-0.05, 0) is 59.7 Å². The lowest BCUT2D eigenvalue weighted by Gasteiger charge is -2.13. The van der Waals surface area contributed by atoms with Gasteiger partial charge < -0.3 is 14.8 Å². The normalized spacial score (nSPS) is 10.3. The van der Waals surface area contributed by atoms with Crippen molar-refractivity contribution < 1.29 is 18.7 Å². The SMILES string of the molecule is COC(=O)c1ccc(-c2ccc(OC)cc2)cc1Nc1ccc(F)cc1. The van der Waals surface area contributed by atoms with Crippen molar-refractivity contribution in [2.75, 3.05) is 19.5 Å². The minimum Gasteiger partial charge on any atom is -0.497 e. The van der Waals surface area contributed by atoms with Gasteiger partial charge >= 0.3 is 5.97 Å². The Labute approximate surface area is 151 Å². The second kappa shape index (κ2) is 7.70. The number of esters is 1. The molecule has 0 radical (unpaired) electrons. The number of nitrogens with one attached hydrogen (secondary N) is 1. The van der Waals surface area contributed by atoms with Crippen LogP contribution in [0.1, 0.15) is 10.4 Å². The summed E-state index contributed by atoms with van der Waals surface area (Å²) < 4.78 is 23.2. The third-order valence-corrected chi connectivity index (χ3v) is 3.97. The van der Waals surface area contributed by atoms with Crippen LogP contribution in [0.2, 0.25) is 0 Å². The van der Waals surface area contributed by atoms with Gasteiger partial charge in [0.15, 0.2) is 0 Å². The van der Waals surface area contributed by atoms with E-state index in [0.29, 0.717) is 16.9 Å². The van der Waals surface area contributed by atoms with Crippen LogP contribution < -0.4 is 10.1 Å². The number of rotatable bonds is 5. The number of methoxy groups -OCH3 is 2. The van der Waals surface area contributed by atoms with Crippen LogP contribution in [0.3, 0.4) is 0 Å². The van der Waals surface area contributed by atoms with E-state index in [4.69, 9.17) is 9.47 Å². The zero-order valence-electron chi connectivity index (χ0n) is 14.5. The fraction of sp³-hybridized carbons (Fsp3) is 0.0952. The first-order chi connectivity index (χ1) is 12.6. The predicted molar refractivity (Wildman–Crippen MR) is 99.5 cm³/mol. The van der Waals surface area contributed by atoms with Crippen LogP contribution in [-0.2, 0) is 4.74 Å². The number of benzene rings is 3. The number of hydrogen-bond acceptors (Lipinski definition) is 4. The summed E-state index contributed by atoms with van der Waals surface area (Å²) in [5.74, 6) is -0.00351. The molecule has 0 unspecified atom stereocenters. The lowest BCUT2D eigenvalue weighted by atomic mass is 10.0. The van der Waals surface area contributed by atoms with Crippen LogP contribution in [0.25, 0.3) is 11.1 Å². The quantitative estimate of drug-likeness (QED) is 0.655. The average molecular weight is 351 g/mol. The molecule has 0 aliphatic heterocycles. The summed E-state index contributed by atoms with van der Waals surface area (Å²) in [5, 5.41) is 3.16. The van der Waals surface area contributed by atoms with Crippen molar-refractivity contribution in [1.29, 1.82) is 0 Å². The van der Waals surface area contributed by atoms with Crippen LogP contribution in [0.15, 0.2) is 66.7 Å². The fourth-order valence-electron chi connectivity index (χ4n) is 2.59. The highest BCUT2D eigenvalue weighted by atomic mass is 19.1. The van der Waals surface area contributed by atoms with Gasteiger partial charge in [0, 0.05) is 5.69 Å². The summed E-state index contributed by atoms with van der Waals surface area (Å²) in [4.78, 5) is 12.1. The maximum Gasteiger partial charge on any atom is 0.339 e. The molecule has 3 aromatic carbocycles. The van der Waals surface area contributed by atoms with E-state index in [1.807, 2.05) is 36.4 Å². The molecule has 4 nitrogen and oxygen atoms in total. The highest BCUT2D eigenvalue weighted by Crippen LogP contribution is 2.29. The largest absolute Gasteiger partial charge is 0.497 e. The smallest absolute Gasteiger partial charge is 0.339 e. The molecule has 0 saturated carbocycles. The van der Waals surface area contributed by atoms with E-state index in [1.165, 1.54) is 19.2 Å². The van der Waals surface area contributed by atoms with E-state index in [-0.39, 0.29) is 5.82 Å². The van der Waals surface area contributed by atoms with Gasteiger partial charge in [0.25, 0.3) is 0 Å². The Morgan fingerprint density at radius 2 is 1.54 bits per heavy atom. The first kappa shape index (κ1) is 17.5. The molecule has 0 spiro atoms. The maximum absolute atomic E-state index is 13.1. The molecule has 0 heterocycles. The molecule has 0 aliphatic carbocycles. The molecule has 3 rings (SSSR count). The molecule has 0 aromatic heterocycles. The van der Waals surface area contributed by atoms with E-state index < -0.39 is 5.97 Å². The molecule has 0 fully saturated rings. The number of hydrogen-bond donors (Lipinski definition) is 1. The summed E-state index contributed by atoms with van der Waals surface area (Å²) in [7, 11) is 2.95. The Bertz CT molecular complexity index is 906. The summed E-state index contributed by atoms with van der Waals surface area (Å²) in [5.41, 5.74) is 3.54. The van der Waals surface area contributed by atoms with Crippen molar-refractivity contribution in [1.82, 2.24) is 0 Å². The highest BCUT2D eigenvalue weighted by molar-refractivity contribution is 5.97. The molecule has 5 heteroatoms. The number of anilines is 2. The minimum absolute atomic E-state index is 0.323. The third-order valence-electron chi connectivity index (χ3n) is 3.97. The van der Waals surface area contributed by atoms with E-state index in [2.05, 4.69) is 5.32 Å². The molecule has 132 valence electrons. The minimum atomic E-state index is -0.448. The van der Waals surface area contributed by atoms with E-state index in [9.17, 15) is 9.18 Å². The monoisotopic (exact) mass is 351 g/mol. The number of halogens is 1. The van der Waals surface area contributed by atoms with Crippen LogP contribution in [0.4, 0.5) is 15.8 Å². The first-order valence-electron chi connectivity index (χ1n) is 8.00. The Kier molecular flexibility index (Phi) is 5.17. The van der Waals surface area contributed by atoms with Crippen molar-refractivity contribution in [3.8, 4) is 16.9 Å². The molecule has 1 N–H and O–H groups in total. The number of carbonyl (C=O) groups excluding carboxylic acids is 1. The van der Waals surface area contributed by atoms with Gasteiger partial charge in [0.05, 0.1) is 25.5 Å². The van der Waals surface area contributed by atoms with Crippen molar-refractivity contribution in [2.24, 2.45) is 0 Å². The Balaban J connectivity index is 2.00. The van der Waals surface area contributed by atoms with Crippen molar-refractivity contribution in [3.63, 3.8) is 0 Å². The predicted octanol–water partition coefficient (Wildman–Crippen LogP) is 5.03. The van der Waals surface area contributed by atoms with Crippen LogP contribution >= 0.6 is 0 Å². The van der Waals surface area contributed by atoms with Gasteiger partial charge in [-0.25, -0.2) is 9.18 Å². The Hall–Kier alpha value is -3.34. The molecule has 0 aliphatic rings. The van der Waals surface area contributed by atoms with E-state index in [0.717, 1.165) is 16.9 Å². The van der Waals surface area contributed by atoms with Crippen molar-refractivity contribution in [2.45, 2.75) is 0 Å². The standard InChI is InChI=1S/C21H18FNO3/c1-25-18-10-3-14(4-11-18)15-5-12-19(21(24)26-2)20(13-15)23-17-8-6-16(22)7-9-17/h3-13,23H,1-2H3. The van der Waals surface area contributed by atoms with Gasteiger partial charge in [-0.2, -0.15) is 0 Å². The molecule has 26 heavy (non-hydrogen) atoms. The summed E-state index contributed by atoms with van der Waals surface area (Å²) in [6, 6.07) is 19.0. The van der Waals surface area contributed by atoms with Crippen LogP contribution in [0, 0.1) is 5.82 Å². The first-order valence-corrected chi connectivity index (χ1v) is 8.00. The topological polar surface area (TPSA) is 47.6 Å². The molecular formula is C21H18FNO3. The molecule has 0 amide bonds. The lowest BCUT2D eigenvalue weighted by Crippen LogP contribution is -2.06. The van der Waals surface area contributed by atoms with Crippen LogP contribution in [0.5, 0.6) is 5.75 Å². The summed E-state index contributed by atoms with van der Waals surface area (Å²) in [6.07, 6.45) is 0. The van der Waals surface area contributed by atoms with E-state index in [1.54, 1.807) is 25.3 Å². The molecule has 0 atom stereocenters. The summed E-state index contributed by atoms with van der Waals surface area (Å²) >= 11 is 0. The zero-order valence-corrected chi connectivity index (χ0v) is 14.5. The fourth-order valence-corrected chi connectivity index (χ4v) is 2.59. The van der Waals surface area contributed by atoms with Crippen LogP contribution in [-0.4, -0.2) is 20.2 Å². The maximum atomic E-state index is 13.1. The summed E-state index contributed by atoms with van der Waals surface area (Å²) in [6.45, 7) is 0. The Morgan fingerprint density at radius 3 is 2.15 bits per heavy atom. The lowest BCUT2D eigenvalue weighted by molar-refractivity contribution is 0.0602. The zero-order chi connectivity index (χ0) is 18.5. The number of ether oxygens (including phenoxy) is 2. The Morgan fingerprint density at radius 1 is 0.885 bits per heavy atom. The highest BCUT2D eigenvalue weighted by Gasteiger charge is 2.13. The average Bonchev–Trinajstić information content (AvgIpc) is 2.69. The van der Waals surface area contributed by atoms with Gasteiger partial charge in [-0.1, -0.05) is 18.2 Å². The van der Waals surface area contributed by atoms with Gasteiger partial charge in [-0.15, -0.1) is 0 Å². The van der Waals surface area contributed by atoms with Crippen molar-refractivity contribution in [3.05, 3.63) is 78.1 Å². The van der Waals surface area contributed by atoms with Gasteiger partial charge in [0.2, 0.25) is 0 Å². The molecular weight excluding hydrogens is 333 g/mol. The van der Waals surface area contributed by atoms with E-state index >= 15 is 0 Å². The van der Waals surface area contributed by atoms with Gasteiger partial charge in [0.1, 0.15) is 11.6 Å². The van der Waals surface area contributed by atoms with Gasteiger partial charge in [-0.3, -0.25) is 0 Å². The molecule has 0 saturated heterocycles. The van der Waals surface area contributed by atoms with Crippen molar-refractivity contribution >= 4 is 17.3 Å². The second-order valence-corrected chi connectivity index (χ2v) is 5.61. The third kappa shape index (κ3) is 3.83.